The van der Waals surface area contributed by atoms with Crippen LogP contribution in [0.4, 0.5) is 0 Å². The van der Waals surface area contributed by atoms with Crippen molar-refractivity contribution in [3.8, 4) is 0 Å². The van der Waals surface area contributed by atoms with E-state index in [4.69, 9.17) is 14.6 Å². The lowest BCUT2D eigenvalue weighted by Crippen LogP contribution is -2.23. The summed E-state index contributed by atoms with van der Waals surface area (Å²) in [5.74, 6) is -1.14. The molecular weight excluding hydrogens is 296 g/mol. The number of aliphatic carboxylic acids is 1. The largest absolute Gasteiger partial charge is 0.479 e. The highest BCUT2D eigenvalue weighted by atomic mass is 16.6. The van der Waals surface area contributed by atoms with Gasteiger partial charge in [0.25, 0.3) is 0 Å². The summed E-state index contributed by atoms with van der Waals surface area (Å²) < 4.78 is 10.5. The first-order valence-corrected chi connectivity index (χ1v) is 9.17. The Hall–Kier alpha value is -1.10. The molecule has 0 aliphatic carbocycles. The fourth-order valence-electron chi connectivity index (χ4n) is 2.85. The Bertz CT molecular complexity index is 342. The van der Waals surface area contributed by atoms with Crippen LogP contribution >= 0.6 is 0 Å². The van der Waals surface area contributed by atoms with Crippen LogP contribution in [-0.4, -0.2) is 35.9 Å². The monoisotopic (exact) mass is 328 g/mol. The minimum Gasteiger partial charge on any atom is -0.479 e. The van der Waals surface area contributed by atoms with Gasteiger partial charge in [-0.25, -0.2) is 4.79 Å². The smallest absolute Gasteiger partial charge is 0.332 e. The number of carboxylic acids is 1. The number of ether oxygens (including phenoxy) is 2. The third-order valence-corrected chi connectivity index (χ3v) is 4.30. The number of carboxylic acid groups (broad SMARTS) is 1. The van der Waals surface area contributed by atoms with Gasteiger partial charge in [0.2, 0.25) is 0 Å². The van der Waals surface area contributed by atoms with Crippen molar-refractivity contribution in [2.75, 3.05) is 6.61 Å². The SMILES string of the molecule is CCCCCCCCCCCC(=O)OCC1CCC(C(=O)O)O1. The van der Waals surface area contributed by atoms with Crippen molar-refractivity contribution in [1.29, 1.82) is 0 Å². The van der Waals surface area contributed by atoms with Crippen molar-refractivity contribution in [2.24, 2.45) is 0 Å². The number of esters is 1. The molecule has 2 atom stereocenters. The first kappa shape index (κ1) is 19.9. The van der Waals surface area contributed by atoms with Gasteiger partial charge in [-0.05, 0) is 19.3 Å². The quantitative estimate of drug-likeness (QED) is 0.407. The van der Waals surface area contributed by atoms with Gasteiger partial charge in [-0.3, -0.25) is 4.79 Å². The molecule has 0 bridgehead atoms. The van der Waals surface area contributed by atoms with Gasteiger partial charge >= 0.3 is 11.9 Å². The summed E-state index contributed by atoms with van der Waals surface area (Å²) in [6.45, 7) is 2.41. The highest BCUT2D eigenvalue weighted by Crippen LogP contribution is 2.20. The molecule has 0 radical (unpaired) electrons. The number of rotatable bonds is 13. The van der Waals surface area contributed by atoms with E-state index in [1.807, 2.05) is 0 Å². The summed E-state index contributed by atoms with van der Waals surface area (Å²) in [6, 6.07) is 0. The molecule has 5 heteroatoms. The summed E-state index contributed by atoms with van der Waals surface area (Å²) in [5.41, 5.74) is 0. The minimum atomic E-state index is -0.937. The highest BCUT2D eigenvalue weighted by Gasteiger charge is 2.31. The Balaban J connectivity index is 1.90. The van der Waals surface area contributed by atoms with Crippen molar-refractivity contribution in [3.63, 3.8) is 0 Å². The molecule has 1 aliphatic rings. The summed E-state index contributed by atoms with van der Waals surface area (Å²) >= 11 is 0. The Morgan fingerprint density at radius 2 is 1.61 bits per heavy atom. The fraction of sp³-hybridized carbons (Fsp3) is 0.889. The van der Waals surface area contributed by atoms with Gasteiger partial charge in [0.05, 0.1) is 6.10 Å². The van der Waals surface area contributed by atoms with E-state index in [-0.39, 0.29) is 18.7 Å². The van der Waals surface area contributed by atoms with Gasteiger partial charge in [-0.15, -0.1) is 0 Å². The third-order valence-electron chi connectivity index (χ3n) is 4.30. The predicted octanol–water partition coefficient (Wildman–Crippen LogP) is 4.08. The summed E-state index contributed by atoms with van der Waals surface area (Å²) in [7, 11) is 0. The molecule has 0 amide bonds. The molecule has 0 aromatic rings. The molecule has 0 aromatic carbocycles. The maximum atomic E-state index is 11.6. The van der Waals surface area contributed by atoms with E-state index in [9.17, 15) is 9.59 Å². The number of carbonyl (C=O) groups excluding carboxylic acids is 1. The number of carbonyl (C=O) groups is 2. The summed E-state index contributed by atoms with van der Waals surface area (Å²) in [5, 5.41) is 8.82. The Morgan fingerprint density at radius 1 is 1.00 bits per heavy atom. The van der Waals surface area contributed by atoms with Gasteiger partial charge < -0.3 is 14.6 Å². The van der Waals surface area contributed by atoms with Gasteiger partial charge in [0.1, 0.15) is 6.61 Å². The molecule has 23 heavy (non-hydrogen) atoms. The molecule has 0 spiro atoms. The van der Waals surface area contributed by atoms with Crippen LogP contribution in [0, 0.1) is 0 Å². The maximum absolute atomic E-state index is 11.6. The first-order chi connectivity index (χ1) is 11.1. The van der Waals surface area contributed by atoms with Crippen LogP contribution in [0.25, 0.3) is 0 Å². The lowest BCUT2D eigenvalue weighted by atomic mass is 10.1. The van der Waals surface area contributed by atoms with E-state index >= 15 is 0 Å². The molecule has 1 saturated heterocycles. The zero-order valence-electron chi connectivity index (χ0n) is 14.4. The van der Waals surface area contributed by atoms with Crippen molar-refractivity contribution in [1.82, 2.24) is 0 Å². The minimum absolute atomic E-state index is 0.181. The van der Waals surface area contributed by atoms with Crippen LogP contribution in [0.3, 0.4) is 0 Å². The number of hydrogen-bond donors (Lipinski definition) is 1. The van der Waals surface area contributed by atoms with Gasteiger partial charge in [-0.1, -0.05) is 58.3 Å². The van der Waals surface area contributed by atoms with E-state index in [0.717, 1.165) is 12.8 Å². The van der Waals surface area contributed by atoms with Crippen LogP contribution in [0.1, 0.15) is 84.0 Å². The molecule has 0 saturated carbocycles. The van der Waals surface area contributed by atoms with Crippen molar-refractivity contribution in [2.45, 2.75) is 96.2 Å². The maximum Gasteiger partial charge on any atom is 0.332 e. The van der Waals surface area contributed by atoms with Crippen molar-refractivity contribution in [3.05, 3.63) is 0 Å². The molecule has 1 heterocycles. The molecule has 1 N–H and O–H groups in total. The molecule has 5 nitrogen and oxygen atoms in total. The van der Waals surface area contributed by atoms with Crippen LogP contribution in [0.15, 0.2) is 0 Å². The molecule has 1 rings (SSSR count). The topological polar surface area (TPSA) is 72.8 Å². The highest BCUT2D eigenvalue weighted by molar-refractivity contribution is 5.72. The zero-order chi connectivity index (χ0) is 16.9. The standard InChI is InChI=1S/C18H32O5/c1-2-3-4-5-6-7-8-9-10-11-17(19)22-14-15-12-13-16(23-15)18(20)21/h15-16H,2-14H2,1H3,(H,20,21). The van der Waals surface area contributed by atoms with Crippen LogP contribution < -0.4 is 0 Å². The van der Waals surface area contributed by atoms with Gasteiger partial charge in [0.15, 0.2) is 6.10 Å². The van der Waals surface area contributed by atoms with Gasteiger partial charge in [-0.2, -0.15) is 0 Å². The molecule has 134 valence electrons. The van der Waals surface area contributed by atoms with Crippen LogP contribution in [0.2, 0.25) is 0 Å². The molecule has 0 aromatic heterocycles. The predicted molar refractivity (Wildman–Crippen MR) is 88.3 cm³/mol. The number of unbranched alkanes of at least 4 members (excludes halogenated alkanes) is 8. The van der Waals surface area contributed by atoms with E-state index in [1.54, 1.807) is 0 Å². The average Bonchev–Trinajstić information content (AvgIpc) is 3.00. The van der Waals surface area contributed by atoms with Crippen molar-refractivity contribution >= 4 is 11.9 Å². The molecule has 1 fully saturated rings. The lowest BCUT2D eigenvalue weighted by molar-refractivity contribution is -0.154. The fourth-order valence-corrected chi connectivity index (χ4v) is 2.85. The van der Waals surface area contributed by atoms with E-state index in [1.165, 1.54) is 44.9 Å². The Labute approximate surface area is 139 Å². The van der Waals surface area contributed by atoms with E-state index in [2.05, 4.69) is 6.92 Å². The van der Waals surface area contributed by atoms with E-state index < -0.39 is 12.1 Å². The normalized spacial score (nSPS) is 20.6. The second-order valence-corrected chi connectivity index (χ2v) is 6.42. The van der Waals surface area contributed by atoms with Crippen LogP contribution in [-0.2, 0) is 19.1 Å². The second-order valence-electron chi connectivity index (χ2n) is 6.42. The van der Waals surface area contributed by atoms with Gasteiger partial charge in [0, 0.05) is 6.42 Å². The molecule has 1 aliphatic heterocycles. The van der Waals surface area contributed by atoms with Crippen LogP contribution in [0.5, 0.6) is 0 Å². The Kier molecular flexibility index (Phi) is 10.7. The Morgan fingerprint density at radius 3 is 2.17 bits per heavy atom. The van der Waals surface area contributed by atoms with Crippen molar-refractivity contribution < 1.29 is 24.2 Å². The second kappa shape index (κ2) is 12.3. The number of hydrogen-bond acceptors (Lipinski definition) is 4. The molecular formula is C18H32O5. The zero-order valence-corrected chi connectivity index (χ0v) is 14.4. The van der Waals surface area contributed by atoms with E-state index in [0.29, 0.717) is 19.3 Å². The first-order valence-electron chi connectivity index (χ1n) is 9.17. The summed E-state index contributed by atoms with van der Waals surface area (Å²) in [6.07, 6.45) is 11.6. The summed E-state index contributed by atoms with van der Waals surface area (Å²) in [4.78, 5) is 22.4. The lowest BCUT2D eigenvalue weighted by Gasteiger charge is -2.11. The third kappa shape index (κ3) is 9.59. The molecule has 2 unspecified atom stereocenters. The average molecular weight is 328 g/mol.